The van der Waals surface area contributed by atoms with Crippen LogP contribution in [0, 0.1) is 32.1 Å². The number of fused-ring (bicyclic) bond motifs is 2. The van der Waals surface area contributed by atoms with Crippen LogP contribution in [0.5, 0.6) is 0 Å². The monoisotopic (exact) mass is 901 g/mol. The van der Waals surface area contributed by atoms with Crippen molar-refractivity contribution >= 4 is 46.7 Å². The van der Waals surface area contributed by atoms with Crippen LogP contribution >= 0.6 is 0 Å². The zero-order valence-electron chi connectivity index (χ0n) is 39.3. The molecule has 0 saturated carbocycles. The number of carbonyl (C=O) groups excluding carboxylic acids is 4. The predicted molar refractivity (Wildman–Crippen MR) is 248 cm³/mol. The first-order valence-corrected chi connectivity index (χ1v) is 24.3. The predicted octanol–water partition coefficient (Wildman–Crippen LogP) is 8.08. The summed E-state index contributed by atoms with van der Waals surface area (Å²) in [5.41, 5.74) is 2.93. The Kier molecular flexibility index (Phi) is 16.9. The van der Waals surface area contributed by atoms with Crippen LogP contribution in [0.15, 0.2) is 48.5 Å². The van der Waals surface area contributed by atoms with Crippen LogP contribution < -0.4 is 0 Å². The summed E-state index contributed by atoms with van der Waals surface area (Å²) in [6.45, 7) is 15.1. The zero-order chi connectivity index (χ0) is 46.7. The fourth-order valence-corrected chi connectivity index (χ4v) is 11.0. The quantitative estimate of drug-likeness (QED) is 0.111. The first-order chi connectivity index (χ1) is 31.2. The van der Waals surface area contributed by atoms with E-state index in [0.29, 0.717) is 83.4 Å². The van der Waals surface area contributed by atoms with Crippen LogP contribution in [-0.4, -0.2) is 139 Å². The van der Waals surface area contributed by atoms with Gasteiger partial charge in [0.15, 0.2) is 0 Å². The maximum Gasteiger partial charge on any atom is 0.500 e. The number of nitro benzene ring substituents is 2. The highest BCUT2D eigenvalue weighted by atomic mass is 16.6. The fraction of sp³-hybridized carbons (Fsp3) is 0.633. The molecule has 0 spiro atoms. The largest absolute Gasteiger partial charge is 0.500 e. The summed E-state index contributed by atoms with van der Waals surface area (Å²) in [6, 6.07) is 13.3. The lowest BCUT2D eigenvalue weighted by atomic mass is 9.84. The minimum absolute atomic E-state index is 0.122. The second kappa shape index (κ2) is 22.3. The summed E-state index contributed by atoms with van der Waals surface area (Å²) in [6.07, 6.45) is 9.35. The van der Waals surface area contributed by atoms with Gasteiger partial charge in [-0.1, -0.05) is 24.3 Å². The molecule has 65 heavy (non-hydrogen) atoms. The maximum atomic E-state index is 14.6. The van der Waals surface area contributed by atoms with Crippen molar-refractivity contribution in [3.63, 3.8) is 0 Å². The number of quaternary nitrogens is 2. The second-order valence-electron chi connectivity index (χ2n) is 19.0. The molecule has 0 radical (unpaired) electrons. The van der Waals surface area contributed by atoms with E-state index >= 15 is 0 Å². The number of rotatable bonds is 8. The van der Waals surface area contributed by atoms with E-state index in [4.69, 9.17) is 0 Å². The van der Waals surface area contributed by atoms with E-state index in [2.05, 4.69) is 13.8 Å². The molecule has 4 heterocycles. The first-order valence-electron chi connectivity index (χ1n) is 24.3. The van der Waals surface area contributed by atoms with Crippen molar-refractivity contribution in [2.45, 2.75) is 124 Å². The van der Waals surface area contributed by atoms with Crippen LogP contribution in [0.25, 0.3) is 0 Å². The van der Waals surface area contributed by atoms with E-state index in [1.807, 2.05) is 38.1 Å². The second-order valence-corrected chi connectivity index (χ2v) is 19.0. The topological polar surface area (TPSA) is 167 Å². The lowest BCUT2D eigenvalue weighted by Crippen LogP contribution is -2.58. The molecule has 0 aromatic heterocycles. The van der Waals surface area contributed by atoms with Crippen LogP contribution in [0.1, 0.15) is 122 Å². The van der Waals surface area contributed by atoms with Gasteiger partial charge in [-0.05, 0) is 123 Å². The fourth-order valence-electron chi connectivity index (χ4n) is 11.0. The Hall–Kier alpha value is -5.22. The summed E-state index contributed by atoms with van der Waals surface area (Å²) in [5.74, 6) is -2.04. The molecule has 16 nitrogen and oxygen atoms in total. The molecule has 4 aliphatic rings. The van der Waals surface area contributed by atoms with Gasteiger partial charge < -0.3 is 8.97 Å². The summed E-state index contributed by atoms with van der Waals surface area (Å²) >= 11 is 0. The lowest BCUT2D eigenvalue weighted by molar-refractivity contribution is -0.939. The van der Waals surface area contributed by atoms with Crippen molar-refractivity contribution in [3.8, 4) is 0 Å². The van der Waals surface area contributed by atoms with Crippen molar-refractivity contribution in [2.75, 3.05) is 65.4 Å². The Morgan fingerprint density at radius 1 is 0.554 bits per heavy atom. The normalized spacial score (nSPS) is 26.3. The Morgan fingerprint density at radius 3 is 1.26 bits per heavy atom. The Labute approximate surface area is 384 Å². The molecule has 2 aromatic rings. The van der Waals surface area contributed by atoms with Crippen LogP contribution in [0.3, 0.4) is 0 Å². The van der Waals surface area contributed by atoms with E-state index in [0.717, 1.165) is 90.6 Å². The highest BCUT2D eigenvalue weighted by molar-refractivity contribution is 6.13. The van der Waals surface area contributed by atoms with Gasteiger partial charge in [-0.15, -0.1) is 0 Å². The number of imide groups is 2. The van der Waals surface area contributed by atoms with E-state index in [-0.39, 0.29) is 64.6 Å². The molecular formula is C49H72N8O8+4. The van der Waals surface area contributed by atoms with Crippen molar-refractivity contribution in [2.24, 2.45) is 11.8 Å². The SMILES string of the molecule is CC[N+]1(Cc2ccccc2[N+](=O)[O-])CCCCCN2C(=O)C3CC4C(=O)N(CCCCC[N+](CC)(Cc5ccccc5[N+](=O)[O-])CCCCC[N+](=C3C)C2=O)C(=O)[N+](=C4C)CCCCC1. The smallest absolute Gasteiger partial charge is 0.320 e. The number of urea groups is 2. The molecule has 0 aliphatic carbocycles. The van der Waals surface area contributed by atoms with Gasteiger partial charge in [-0.2, -0.15) is 28.5 Å². The molecule has 4 aliphatic heterocycles. The van der Waals surface area contributed by atoms with Gasteiger partial charge in [-0.25, -0.2) is 9.59 Å². The van der Waals surface area contributed by atoms with Gasteiger partial charge in [0.2, 0.25) is 0 Å². The molecule has 6 amide bonds. The van der Waals surface area contributed by atoms with Crippen LogP contribution in [0.2, 0.25) is 0 Å². The van der Waals surface area contributed by atoms with Gasteiger partial charge >= 0.3 is 23.9 Å². The maximum absolute atomic E-state index is 14.6. The molecular weight excluding hydrogens is 829 g/mol. The molecule has 0 fully saturated rings. The van der Waals surface area contributed by atoms with E-state index in [1.54, 1.807) is 33.4 Å². The summed E-state index contributed by atoms with van der Waals surface area (Å²) < 4.78 is 4.83. The standard InChI is InChI=1S/C49H72N8O8/c1-5-56(36-40-23-11-13-25-44(40)54(62)63)31-19-7-15-27-50-38(3)42-35-43-39(4)51(49(61)52(46(43)58)29-17-9-21-33-56)28-16-8-20-32-57(6-2,37-41-24-12-14-26-45(41)55(64)65)34-22-10-18-30-53(47(42)59)48(50)60/h11-14,23-26,42-43H,5-10,15-22,27-37H2,1-4H3/q+4. The number of nitrogens with zero attached hydrogens (tertiary/aromatic N) is 8. The summed E-state index contributed by atoms with van der Waals surface area (Å²) in [7, 11) is 0. The third-order valence-corrected chi connectivity index (χ3v) is 15.2. The Bertz CT molecular complexity index is 2020. The minimum atomic E-state index is -0.719. The molecule has 2 aromatic carbocycles. The number of carbonyl (C=O) groups is 4. The number of hydrogen-bond donors (Lipinski definition) is 0. The first kappa shape index (κ1) is 49.2. The van der Waals surface area contributed by atoms with Gasteiger partial charge in [0.25, 0.3) is 11.4 Å². The Morgan fingerprint density at radius 2 is 0.908 bits per heavy atom. The van der Waals surface area contributed by atoms with Crippen molar-refractivity contribution < 1.29 is 47.1 Å². The average molecular weight is 901 g/mol. The highest BCUT2D eigenvalue weighted by Crippen LogP contribution is 2.31. The van der Waals surface area contributed by atoms with E-state index < -0.39 is 11.8 Å². The molecule has 0 saturated heterocycles. The Balaban J connectivity index is 1.32. The third kappa shape index (κ3) is 11.4. The molecule has 4 atom stereocenters. The number of nitro groups is 2. The molecule has 6 bridgehead atoms. The summed E-state index contributed by atoms with van der Waals surface area (Å²) in [5, 5.41) is 24.1. The zero-order valence-corrected chi connectivity index (χ0v) is 39.3. The minimum Gasteiger partial charge on any atom is -0.320 e. The van der Waals surface area contributed by atoms with Gasteiger partial charge in [-0.3, -0.25) is 20.2 Å². The molecule has 16 heteroatoms. The van der Waals surface area contributed by atoms with E-state index in [1.165, 1.54) is 9.80 Å². The van der Waals surface area contributed by atoms with Crippen LogP contribution in [-0.2, 0) is 22.7 Å². The third-order valence-electron chi connectivity index (χ3n) is 15.2. The van der Waals surface area contributed by atoms with Gasteiger partial charge in [0.05, 0.1) is 97.8 Å². The molecule has 4 unspecified atom stereocenters. The average Bonchev–Trinajstić information content (AvgIpc) is 3.29. The van der Waals surface area contributed by atoms with Crippen LogP contribution in [0.4, 0.5) is 21.0 Å². The van der Waals surface area contributed by atoms with Crippen molar-refractivity contribution in [3.05, 3.63) is 79.9 Å². The van der Waals surface area contributed by atoms with Crippen molar-refractivity contribution in [1.82, 2.24) is 9.80 Å². The number of hydrogen-bond acceptors (Lipinski definition) is 8. The lowest BCUT2D eigenvalue weighted by Gasteiger charge is -2.38. The summed E-state index contributed by atoms with van der Waals surface area (Å²) in [4.78, 5) is 84.3. The molecule has 352 valence electrons. The highest BCUT2D eigenvalue weighted by Gasteiger charge is 2.52. The molecule has 6 rings (SSSR count). The number of para-hydroxylation sites is 2. The van der Waals surface area contributed by atoms with Crippen molar-refractivity contribution in [1.29, 1.82) is 0 Å². The number of benzene rings is 2. The number of amides is 6. The van der Waals surface area contributed by atoms with Gasteiger partial charge in [0, 0.05) is 12.1 Å². The van der Waals surface area contributed by atoms with Gasteiger partial charge in [0.1, 0.15) is 24.9 Å². The van der Waals surface area contributed by atoms with E-state index in [9.17, 15) is 39.4 Å². The molecule has 0 N–H and O–H groups in total.